The summed E-state index contributed by atoms with van der Waals surface area (Å²) in [5, 5.41) is 3.87. The molecular formula is C58H66IrN2OSi-2. The second kappa shape index (κ2) is 18.1. The third-order valence-electron chi connectivity index (χ3n) is 14.6. The molecule has 3 nitrogen and oxygen atoms in total. The van der Waals surface area contributed by atoms with Crippen molar-refractivity contribution in [2.75, 3.05) is 0 Å². The molecule has 63 heavy (non-hydrogen) atoms. The second-order valence-corrected chi connectivity index (χ2v) is 25.0. The van der Waals surface area contributed by atoms with E-state index in [1.54, 1.807) is 0 Å². The predicted molar refractivity (Wildman–Crippen MR) is 263 cm³/mol. The third-order valence-corrected chi connectivity index (χ3v) is 16.6. The predicted octanol–water partition coefficient (Wildman–Crippen LogP) is 13.4. The molecule has 3 aliphatic carbocycles. The number of pyridine rings is 2. The molecule has 4 aromatic carbocycles. The van der Waals surface area contributed by atoms with E-state index in [-0.39, 0.29) is 20.1 Å². The van der Waals surface area contributed by atoms with Crippen LogP contribution < -0.4 is 14.3 Å². The van der Waals surface area contributed by atoms with Gasteiger partial charge >= 0.3 is 0 Å². The van der Waals surface area contributed by atoms with Crippen molar-refractivity contribution in [3.05, 3.63) is 163 Å². The van der Waals surface area contributed by atoms with Gasteiger partial charge in [0.2, 0.25) is 0 Å². The minimum atomic E-state index is -1.46. The first-order chi connectivity index (χ1) is 29.8. The summed E-state index contributed by atoms with van der Waals surface area (Å²) in [6, 6.07) is 27.0. The zero-order valence-electron chi connectivity index (χ0n) is 38.7. The van der Waals surface area contributed by atoms with Gasteiger partial charge in [-0.1, -0.05) is 105 Å². The molecule has 0 bridgehead atoms. The Kier molecular flexibility index (Phi) is 12.9. The van der Waals surface area contributed by atoms with Gasteiger partial charge in [0.05, 0.1) is 37.4 Å². The summed E-state index contributed by atoms with van der Waals surface area (Å²) in [7, 11) is 7.31. The van der Waals surface area contributed by atoms with Crippen LogP contribution in [0, 0.1) is 33.9 Å². The minimum absolute atomic E-state index is 0. The molecule has 1 atom stereocenters. The average Bonchev–Trinajstić information content (AvgIpc) is 3.64. The summed E-state index contributed by atoms with van der Waals surface area (Å²) in [6.45, 7) is 23.2. The molecule has 329 valence electrons. The van der Waals surface area contributed by atoms with Crippen molar-refractivity contribution in [1.82, 2.24) is 0 Å². The molecule has 5 heteroatoms. The number of nitrogens with zero attached hydrogens (tertiary/aromatic N) is 2. The van der Waals surface area contributed by atoms with Crippen molar-refractivity contribution in [3.63, 3.8) is 0 Å². The van der Waals surface area contributed by atoms with Crippen LogP contribution in [0.25, 0.3) is 55.6 Å². The number of hydrogen-bond acceptors (Lipinski definition) is 1. The smallest absolute Gasteiger partial charge is 0.133 e. The van der Waals surface area contributed by atoms with Gasteiger partial charge in [-0.3, -0.25) is 0 Å². The first kappa shape index (κ1) is 44.9. The van der Waals surface area contributed by atoms with Gasteiger partial charge in [-0.15, -0.1) is 17.7 Å². The molecule has 1 unspecified atom stereocenters. The molecule has 10 rings (SSSR count). The van der Waals surface area contributed by atoms with Gasteiger partial charge in [0.15, 0.2) is 0 Å². The van der Waals surface area contributed by atoms with E-state index in [2.05, 4.69) is 158 Å². The van der Waals surface area contributed by atoms with Crippen LogP contribution in [0.4, 0.5) is 0 Å². The molecule has 0 N–H and O–H groups in total. The van der Waals surface area contributed by atoms with Gasteiger partial charge in [-0.2, -0.15) is 37.1 Å². The van der Waals surface area contributed by atoms with Crippen LogP contribution in [-0.4, -0.2) is 8.07 Å². The van der Waals surface area contributed by atoms with Crippen molar-refractivity contribution in [1.29, 1.82) is 0 Å². The van der Waals surface area contributed by atoms with Gasteiger partial charge in [0, 0.05) is 45.0 Å². The van der Waals surface area contributed by atoms with Crippen LogP contribution in [0.1, 0.15) is 115 Å². The standard InChI is InChI=1S/C33H30NO.C25H36NSi.Ir/c1-21-14-16-28-29-20-24(26-13-7-10-22-8-3-5-11-25(22)26)15-17-30(29)35-33(28)31(21)32-27-12-6-4-9-23(27)18-19-34(32)2;1-17(2)19(4)22-15-23(26(5)16-24(22)27(6,7)8)25-18(3)13-14-20-11-9-10-12-21(20)25;/h7,10,13-20H,1-6,8-9,11-12H2;13-17,19H,3,5,9-12H2,1-2,4,6-8H3;/q2*-1;. The topological polar surface area (TPSA) is 20.9 Å². The van der Waals surface area contributed by atoms with E-state index >= 15 is 0 Å². The average molecular weight is 1030 g/mol. The maximum Gasteiger partial charge on any atom is 0.133 e. The Labute approximate surface area is 392 Å². The fourth-order valence-corrected chi connectivity index (χ4v) is 12.6. The molecule has 0 fully saturated rings. The Bertz CT molecular complexity index is 2840. The second-order valence-electron chi connectivity index (χ2n) is 20.0. The van der Waals surface area contributed by atoms with Gasteiger partial charge in [-0.05, 0) is 134 Å². The Morgan fingerprint density at radius 3 is 1.94 bits per heavy atom. The van der Waals surface area contributed by atoms with E-state index in [4.69, 9.17) is 4.42 Å². The molecule has 0 amide bonds. The van der Waals surface area contributed by atoms with Crippen LogP contribution >= 0.6 is 0 Å². The fraction of sp³-hybridized carbons (Fsp3) is 0.345. The van der Waals surface area contributed by atoms with Crippen LogP contribution in [-0.2, 0) is 58.6 Å². The number of fused-ring (bicyclic) bond motifs is 6. The number of aryl methyl sites for hydroxylation is 3. The van der Waals surface area contributed by atoms with E-state index in [0.717, 1.165) is 51.8 Å². The van der Waals surface area contributed by atoms with Crippen molar-refractivity contribution in [2.24, 2.45) is 5.92 Å². The van der Waals surface area contributed by atoms with Gasteiger partial charge in [0.1, 0.15) is 5.58 Å². The van der Waals surface area contributed by atoms with E-state index in [9.17, 15) is 0 Å². The van der Waals surface area contributed by atoms with Gasteiger partial charge < -0.3 is 13.6 Å². The molecule has 3 heterocycles. The number of aromatic nitrogens is 2. The molecule has 3 aromatic heterocycles. The van der Waals surface area contributed by atoms with Crippen LogP contribution in [0.15, 0.2) is 89.6 Å². The van der Waals surface area contributed by atoms with E-state index in [0.29, 0.717) is 11.8 Å². The first-order valence-corrected chi connectivity index (χ1v) is 27.0. The molecule has 3 aliphatic rings. The quantitative estimate of drug-likeness (QED) is 0.0924. The maximum atomic E-state index is 6.59. The van der Waals surface area contributed by atoms with Crippen molar-refractivity contribution >= 4 is 35.2 Å². The molecular weight excluding hydrogens is 961 g/mol. The summed E-state index contributed by atoms with van der Waals surface area (Å²) in [6.07, 6.45) is 19.0. The summed E-state index contributed by atoms with van der Waals surface area (Å²) in [5.74, 6) is 1.16. The molecule has 7 aromatic rings. The Morgan fingerprint density at radius 2 is 1.24 bits per heavy atom. The molecule has 1 radical (unpaired) electrons. The van der Waals surface area contributed by atoms with Crippen LogP contribution in [0.2, 0.25) is 19.6 Å². The first-order valence-electron chi connectivity index (χ1n) is 23.5. The number of rotatable bonds is 6. The van der Waals surface area contributed by atoms with Crippen LogP contribution in [0.3, 0.4) is 0 Å². The summed E-state index contributed by atoms with van der Waals surface area (Å²) in [4.78, 5) is 0. The largest absolute Gasteiger partial charge is 0.469 e. The van der Waals surface area contributed by atoms with Crippen molar-refractivity contribution < 1.29 is 33.7 Å². The monoisotopic (exact) mass is 1030 g/mol. The number of furan rings is 1. The fourth-order valence-electron chi connectivity index (χ4n) is 10.8. The SMILES string of the molecule is [CH2-]c1ccc2c(c1-c1cc(C(C)C(C)C)c([Si](C)(C)C)c[n+]1[CH2-])CCCC2.[CH2-]c1ccc2c(oc3ccc(-c4cccc5c4CCCC5)cc32)c1-c1c2c(cc[n+]1[CH2-])CCCC2.[Ir]. The van der Waals surface area contributed by atoms with E-state index in [1.807, 2.05) is 4.57 Å². The van der Waals surface area contributed by atoms with Crippen molar-refractivity contribution in [2.45, 2.75) is 123 Å². The number of hydrogen-bond donors (Lipinski definition) is 0. The Morgan fingerprint density at radius 1 is 0.619 bits per heavy atom. The zero-order valence-corrected chi connectivity index (χ0v) is 42.1. The van der Waals surface area contributed by atoms with Gasteiger partial charge in [0.25, 0.3) is 0 Å². The summed E-state index contributed by atoms with van der Waals surface area (Å²) < 4.78 is 10.7. The number of benzene rings is 4. The van der Waals surface area contributed by atoms with E-state index < -0.39 is 8.07 Å². The normalized spacial score (nSPS) is 15.2. The maximum absolute atomic E-state index is 6.59. The molecule has 0 saturated carbocycles. The molecule has 0 spiro atoms. The van der Waals surface area contributed by atoms with Gasteiger partial charge in [-0.25, -0.2) is 0 Å². The van der Waals surface area contributed by atoms with E-state index in [1.165, 1.54) is 136 Å². The summed E-state index contributed by atoms with van der Waals surface area (Å²) >= 11 is 0. The Balaban J connectivity index is 0.000000177. The summed E-state index contributed by atoms with van der Waals surface area (Å²) in [5.41, 5.74) is 21.9. The molecule has 0 aliphatic heterocycles. The van der Waals surface area contributed by atoms with Crippen LogP contribution in [0.5, 0.6) is 0 Å². The Hall–Kier alpha value is -4.67. The minimum Gasteiger partial charge on any atom is -0.469 e. The zero-order chi connectivity index (χ0) is 43.4. The van der Waals surface area contributed by atoms with Crippen molar-refractivity contribution in [3.8, 4) is 33.6 Å². The molecule has 0 saturated heterocycles. The third kappa shape index (κ3) is 8.42.